The molecule has 6 aliphatic carbocycles. The molecule has 0 spiro atoms. The van der Waals surface area contributed by atoms with Crippen LogP contribution in [0.1, 0.15) is 156 Å². The van der Waals surface area contributed by atoms with Gasteiger partial charge in [-0.15, -0.1) is 34.0 Å². The minimum Gasteiger partial charge on any atom is -0.389 e. The number of rotatable bonds is 8. The first-order chi connectivity index (χ1) is 47.3. The molecule has 0 bridgehead atoms. The van der Waals surface area contributed by atoms with Crippen molar-refractivity contribution in [2.75, 3.05) is 82.2 Å². The summed E-state index contributed by atoms with van der Waals surface area (Å²) in [6.07, 6.45) is 15.3. The fourth-order valence-electron chi connectivity index (χ4n) is 10.6. The maximum absolute atomic E-state index is 11.8. The third kappa shape index (κ3) is 25.5. The number of Topliss-reactive ketones (excluding diaryl/α,β-unsaturated/α-hetero) is 8. The second-order valence-electron chi connectivity index (χ2n) is 24.4. The summed E-state index contributed by atoms with van der Waals surface area (Å²) in [6.45, 7) is 1.50. The Kier molecular flexibility index (Phi) is 35.4. The van der Waals surface area contributed by atoms with Crippen LogP contribution >= 0.6 is 90.7 Å². The first-order valence-corrected chi connectivity index (χ1v) is 38.5. The molecule has 7 aromatic rings. The van der Waals surface area contributed by atoms with Crippen LogP contribution in [0.5, 0.6) is 0 Å². The molecule has 0 saturated heterocycles. The lowest BCUT2D eigenvalue weighted by Gasteiger charge is -2.14. The van der Waals surface area contributed by atoms with Crippen LogP contribution in [-0.2, 0) is 48.0 Å². The summed E-state index contributed by atoms with van der Waals surface area (Å²) in [5, 5.41) is 13.0. The first kappa shape index (κ1) is 83.2. The molecule has 3 heterocycles. The van der Waals surface area contributed by atoms with Gasteiger partial charge in [-0.25, -0.2) is 15.0 Å². The number of thiazole rings is 3. The van der Waals surface area contributed by atoms with Gasteiger partial charge < -0.3 is 30.4 Å². The molecule has 3 saturated carbocycles. The lowest BCUT2D eigenvalue weighted by molar-refractivity contribution is -0.130. The molecule has 3 fully saturated rings. The molecule has 528 valence electrons. The van der Waals surface area contributed by atoms with E-state index in [0.717, 1.165) is 139 Å². The molecule has 0 unspecified atom stereocenters. The number of nitrogens with two attached hydrogens (primary N) is 1. The number of carbonyl (C=O) groups is 8. The van der Waals surface area contributed by atoms with Crippen molar-refractivity contribution >= 4 is 173 Å². The highest BCUT2D eigenvalue weighted by Gasteiger charge is 2.29. The Morgan fingerprint density at radius 3 is 1.03 bits per heavy atom. The van der Waals surface area contributed by atoms with Crippen LogP contribution in [0.3, 0.4) is 0 Å². The van der Waals surface area contributed by atoms with Crippen LogP contribution in [0, 0.1) is 0 Å². The summed E-state index contributed by atoms with van der Waals surface area (Å²) in [6, 6.07) is 32.9. The second-order valence-corrected chi connectivity index (χ2v) is 29.7. The zero-order valence-electron chi connectivity index (χ0n) is 58.2. The van der Waals surface area contributed by atoms with Crippen LogP contribution in [0.4, 0.5) is 22.7 Å². The number of anilines is 4. The summed E-state index contributed by atoms with van der Waals surface area (Å²) in [5.74, 6) is 0.877. The highest BCUT2D eigenvalue weighted by Crippen LogP contribution is 2.39. The van der Waals surface area contributed by atoms with E-state index < -0.39 is 9.65 Å². The maximum atomic E-state index is 11.8. The number of fused-ring (bicyclic) bond motifs is 3. The molecular weight excluding hydrogens is 1480 g/mol. The fraction of sp³-hybridized carbons (Fsp3) is 0.432. The highest BCUT2D eigenvalue weighted by molar-refractivity contribution is 9.10. The van der Waals surface area contributed by atoms with Gasteiger partial charge >= 0.3 is 0 Å². The minimum atomic E-state index is -0.494. The standard InChI is InChI=1S/C15H18N2OS.2C15H16N2OS.C9H12N2S.2C6H7BrO2.C6H8O2.CH3B.CH4S/c3*1-17(2)11-8-6-10(7-9-11)15-16-12-4-3-5-13(18)14(12)19-15;1-11(2)8-5-3-7(4-6-8)9(10)12;2*7-6-4(8)2-1-3-5(6)9;7-5-2-1-3-6(8)4-5;2*1-2/h6-9,13,18H,3-5H2,1-2H3;2*6-9H,3-5H2,1-2H3;3-6H,1-2H3,(H2,10,12);2*6H,1-3H2;1-4H2;1H3;2H,1H3/t13-;;;;;;;;/m1......../s1. The summed E-state index contributed by atoms with van der Waals surface area (Å²) in [5.41, 5.74) is 17.4. The van der Waals surface area contributed by atoms with Crippen LogP contribution < -0.4 is 25.3 Å². The van der Waals surface area contributed by atoms with Crippen LogP contribution in [0.25, 0.3) is 31.7 Å². The molecule has 3 N–H and O–H groups in total. The number of aliphatic hydroxyl groups excluding tert-OH is 1. The van der Waals surface area contributed by atoms with E-state index in [0.29, 0.717) is 56.4 Å². The normalized spacial score (nSPS) is 16.1. The predicted octanol–water partition coefficient (Wildman–Crippen LogP) is 15.0. The summed E-state index contributed by atoms with van der Waals surface area (Å²) < 4.78 is 0. The Morgan fingerprint density at radius 1 is 0.455 bits per heavy atom. The van der Waals surface area contributed by atoms with E-state index in [-0.39, 0.29) is 58.8 Å². The number of carbonyl (C=O) groups excluding carboxylic acids is 8. The topological polar surface area (TPSA) is 234 Å². The molecule has 13 rings (SSSR count). The SMILES string of the molecule is CN(C)c1ccc(-c2nc3c(s2)C(=O)CCC3)cc1.CN(C)c1ccc(-c2nc3c(s2)C(=O)CCC3)cc1.CN(C)c1ccc(-c2nc3c(s2)[C@H](O)CCC3)cc1.CN(C)c1ccc(C(N)=S)cc1.CS.O=C1CCCC(=O)C1.O=C1CCCC(=O)C1Br.O=C1CCCC(=O)C1Br.[B]C. The van der Waals surface area contributed by atoms with Crippen molar-refractivity contribution in [2.45, 2.75) is 145 Å². The van der Waals surface area contributed by atoms with Crippen molar-refractivity contribution in [1.82, 2.24) is 15.0 Å². The van der Waals surface area contributed by atoms with Crippen LogP contribution in [-0.4, -0.2) is 151 Å². The number of hydrogen-bond acceptors (Lipinski definition) is 21. The van der Waals surface area contributed by atoms with E-state index in [9.17, 15) is 43.5 Å². The number of halogens is 2. The number of thiocarbonyl (C=S) groups is 1. The monoisotopic (exact) mass is 1560 g/mol. The fourth-order valence-corrected chi connectivity index (χ4v) is 14.9. The summed E-state index contributed by atoms with van der Waals surface area (Å²) in [7, 11) is 20.7. The Balaban J connectivity index is 0.000000212. The molecule has 1 atom stereocenters. The van der Waals surface area contributed by atoms with Gasteiger partial charge in [0.05, 0.1) is 52.1 Å². The Morgan fingerprint density at radius 2 is 0.747 bits per heavy atom. The number of hydrogen-bond donors (Lipinski definition) is 3. The number of alkyl halides is 2. The van der Waals surface area contributed by atoms with Crippen molar-refractivity contribution in [2.24, 2.45) is 5.73 Å². The first-order valence-electron chi connectivity index (χ1n) is 32.9. The minimum absolute atomic E-state index is 0.0336. The molecule has 25 heteroatoms. The van der Waals surface area contributed by atoms with E-state index in [1.807, 2.05) is 85.5 Å². The molecule has 17 nitrogen and oxygen atoms in total. The number of nitrogens with zero attached hydrogens (tertiary/aromatic N) is 7. The second kappa shape index (κ2) is 42.1. The van der Waals surface area contributed by atoms with E-state index >= 15 is 0 Å². The van der Waals surface area contributed by atoms with E-state index in [1.54, 1.807) is 17.6 Å². The van der Waals surface area contributed by atoms with Gasteiger partial charge in [0.2, 0.25) is 0 Å². The van der Waals surface area contributed by atoms with Gasteiger partial charge in [0, 0.05) is 153 Å². The van der Waals surface area contributed by atoms with Crippen molar-refractivity contribution < 1.29 is 43.5 Å². The predicted molar refractivity (Wildman–Crippen MR) is 423 cm³/mol. The molecule has 3 aromatic heterocycles. The molecule has 0 amide bonds. The molecule has 6 aliphatic rings. The Bertz CT molecular complexity index is 3650. The molecule has 2 radical (unpaired) electrons. The number of ketones is 8. The van der Waals surface area contributed by atoms with Crippen molar-refractivity contribution in [1.29, 1.82) is 0 Å². The van der Waals surface area contributed by atoms with Gasteiger partial charge in [-0.2, -0.15) is 12.6 Å². The molecule has 0 aliphatic heterocycles. The number of benzene rings is 4. The molecular formula is C74H91BBr2N8O9S5. The van der Waals surface area contributed by atoms with Gasteiger partial charge in [-0.3, -0.25) is 38.4 Å². The lowest BCUT2D eigenvalue weighted by Crippen LogP contribution is -2.28. The van der Waals surface area contributed by atoms with E-state index in [1.165, 1.54) is 46.6 Å². The zero-order chi connectivity index (χ0) is 73.0. The highest BCUT2D eigenvalue weighted by atomic mass is 79.9. The van der Waals surface area contributed by atoms with E-state index in [2.05, 4.69) is 150 Å². The van der Waals surface area contributed by atoms with Crippen LogP contribution in [0.2, 0.25) is 6.82 Å². The third-order valence-electron chi connectivity index (χ3n) is 16.1. The van der Waals surface area contributed by atoms with Crippen molar-refractivity contribution in [3.8, 4) is 31.7 Å². The molecule has 4 aromatic carbocycles. The quantitative estimate of drug-likeness (QED) is 0.0422. The Hall–Kier alpha value is -6.45. The van der Waals surface area contributed by atoms with Gasteiger partial charge in [0.25, 0.3) is 0 Å². The average molecular weight is 1570 g/mol. The van der Waals surface area contributed by atoms with Gasteiger partial charge in [-0.1, -0.05) is 50.9 Å². The average Bonchev–Trinajstić information content (AvgIpc) is 1.68. The van der Waals surface area contributed by atoms with Crippen molar-refractivity contribution in [3.63, 3.8) is 0 Å². The number of aromatic nitrogens is 3. The molecule has 99 heavy (non-hydrogen) atoms. The number of aliphatic hydroxyl groups is 1. The van der Waals surface area contributed by atoms with Gasteiger partial charge in [0.15, 0.2) is 34.7 Å². The zero-order valence-corrected chi connectivity index (χ0v) is 65.6. The van der Waals surface area contributed by atoms with Gasteiger partial charge in [-0.05, 0) is 168 Å². The van der Waals surface area contributed by atoms with Crippen molar-refractivity contribution in [3.05, 3.63) is 134 Å². The van der Waals surface area contributed by atoms with Crippen LogP contribution in [0.15, 0.2) is 97.1 Å². The maximum Gasteiger partial charge on any atom is 0.174 e. The van der Waals surface area contributed by atoms with E-state index in [4.69, 9.17) is 22.9 Å². The third-order valence-corrected chi connectivity index (χ3v) is 22.0. The largest absolute Gasteiger partial charge is 0.389 e. The lowest BCUT2D eigenvalue weighted by atomic mass is 9.98. The Labute approximate surface area is 624 Å². The van der Waals surface area contributed by atoms with Gasteiger partial charge in [0.1, 0.15) is 41.2 Å². The smallest absolute Gasteiger partial charge is 0.174 e. The summed E-state index contributed by atoms with van der Waals surface area (Å²) >= 11 is 19.1. The summed E-state index contributed by atoms with van der Waals surface area (Å²) in [4.78, 5) is 112. The number of thiol groups is 1. The number of aryl methyl sites for hydroxylation is 3.